The molecule has 0 aliphatic heterocycles. The van der Waals surface area contributed by atoms with Gasteiger partial charge in [-0.3, -0.25) is 4.72 Å². The monoisotopic (exact) mass is 445 g/mol. The Labute approximate surface area is 176 Å². The number of benzene rings is 2. The van der Waals surface area contributed by atoms with Crippen LogP contribution in [0.15, 0.2) is 58.9 Å². The summed E-state index contributed by atoms with van der Waals surface area (Å²) in [6.07, 6.45) is 0. The number of sulfonamides is 1. The van der Waals surface area contributed by atoms with E-state index in [0.717, 1.165) is 10.6 Å². The lowest BCUT2D eigenvalue weighted by molar-refractivity contribution is 0.601. The third-order valence-corrected chi connectivity index (χ3v) is 6.68. The van der Waals surface area contributed by atoms with Crippen LogP contribution in [-0.2, 0) is 16.6 Å². The first-order valence-corrected chi connectivity index (χ1v) is 11.3. The molecule has 0 atom stereocenters. The lowest BCUT2D eigenvalue weighted by Gasteiger charge is -2.13. The Balaban J connectivity index is 1.72. The van der Waals surface area contributed by atoms with Crippen molar-refractivity contribution in [2.75, 3.05) is 10.0 Å². The molecule has 0 saturated heterocycles. The summed E-state index contributed by atoms with van der Waals surface area (Å²) < 4.78 is 28.2. The zero-order valence-corrected chi connectivity index (χ0v) is 17.6. The lowest BCUT2D eigenvalue weighted by Crippen LogP contribution is -2.16. The number of fused-ring (bicyclic) bond motifs is 1. The minimum absolute atomic E-state index is 0.0456. The second kappa shape index (κ2) is 7.94. The average molecular weight is 446 g/mol. The number of rotatable bonds is 6. The van der Waals surface area contributed by atoms with Gasteiger partial charge in [0.05, 0.1) is 33.7 Å². The summed E-state index contributed by atoms with van der Waals surface area (Å²) in [7, 11) is -3.89. The van der Waals surface area contributed by atoms with Crippen LogP contribution >= 0.6 is 22.9 Å². The molecule has 7 nitrogen and oxygen atoms in total. The second-order valence-corrected chi connectivity index (χ2v) is 9.25. The maximum atomic E-state index is 12.9. The Hall–Kier alpha value is -2.75. The van der Waals surface area contributed by atoms with E-state index in [0.29, 0.717) is 28.4 Å². The van der Waals surface area contributed by atoms with Crippen LogP contribution in [0.3, 0.4) is 0 Å². The normalized spacial score (nSPS) is 11.5. The van der Waals surface area contributed by atoms with Crippen molar-refractivity contribution in [3.63, 3.8) is 0 Å². The van der Waals surface area contributed by atoms with E-state index < -0.39 is 10.0 Å². The van der Waals surface area contributed by atoms with E-state index in [-0.39, 0.29) is 10.7 Å². The standard InChI is InChI=1S/C19H16ClN5O2S2/c1-12-17(28-11-22-12)10-21-18-19(24-16-8-3-2-7-15(16)23-18)25-29(26,27)14-6-4-5-13(20)9-14/h2-9,11H,10H2,1H3,(H,21,23)(H,24,25). The van der Waals surface area contributed by atoms with Crippen molar-refractivity contribution in [1.82, 2.24) is 15.0 Å². The van der Waals surface area contributed by atoms with E-state index in [1.54, 1.807) is 23.7 Å². The van der Waals surface area contributed by atoms with Gasteiger partial charge in [0.2, 0.25) is 0 Å². The molecule has 0 amide bonds. The van der Waals surface area contributed by atoms with Crippen molar-refractivity contribution < 1.29 is 8.42 Å². The topological polar surface area (TPSA) is 96.9 Å². The van der Waals surface area contributed by atoms with Gasteiger partial charge in [0.1, 0.15) is 0 Å². The Bertz CT molecular complexity index is 1290. The number of nitrogens with one attached hydrogen (secondary N) is 2. The summed E-state index contributed by atoms with van der Waals surface area (Å²) in [6.45, 7) is 2.37. The van der Waals surface area contributed by atoms with Gasteiger partial charge in [-0.15, -0.1) is 11.3 Å². The van der Waals surface area contributed by atoms with Crippen molar-refractivity contribution in [3.8, 4) is 0 Å². The van der Waals surface area contributed by atoms with Crippen LogP contribution in [0.25, 0.3) is 11.0 Å². The lowest BCUT2D eigenvalue weighted by atomic mass is 10.3. The van der Waals surface area contributed by atoms with Gasteiger partial charge in [0, 0.05) is 9.90 Å². The van der Waals surface area contributed by atoms with E-state index in [1.807, 2.05) is 25.1 Å². The second-order valence-electron chi connectivity index (χ2n) is 6.19. The Kier molecular flexibility index (Phi) is 5.35. The fourth-order valence-corrected chi connectivity index (χ4v) is 4.70. The van der Waals surface area contributed by atoms with Gasteiger partial charge in [-0.1, -0.05) is 29.8 Å². The van der Waals surface area contributed by atoms with Crippen LogP contribution < -0.4 is 10.0 Å². The maximum Gasteiger partial charge on any atom is 0.263 e. The number of hydrogen-bond acceptors (Lipinski definition) is 7. The van der Waals surface area contributed by atoms with Crippen LogP contribution in [-0.4, -0.2) is 23.4 Å². The summed E-state index contributed by atoms with van der Waals surface area (Å²) in [5.74, 6) is 0.452. The fraction of sp³-hybridized carbons (Fsp3) is 0.105. The van der Waals surface area contributed by atoms with Gasteiger partial charge in [-0.25, -0.2) is 23.4 Å². The molecule has 0 aliphatic rings. The van der Waals surface area contributed by atoms with E-state index in [2.05, 4.69) is 25.0 Å². The van der Waals surface area contributed by atoms with Gasteiger partial charge in [0.25, 0.3) is 10.0 Å². The maximum absolute atomic E-state index is 12.9. The predicted octanol–water partition coefficient (Wildman–Crippen LogP) is 4.46. The van der Waals surface area contributed by atoms with Crippen LogP contribution in [0.1, 0.15) is 10.6 Å². The number of thiazole rings is 1. The minimum Gasteiger partial charge on any atom is -0.362 e. The van der Waals surface area contributed by atoms with Gasteiger partial charge in [-0.05, 0) is 37.3 Å². The Morgan fingerprint density at radius 1 is 1.03 bits per heavy atom. The summed E-state index contributed by atoms with van der Waals surface area (Å²) in [5.41, 5.74) is 3.91. The molecule has 0 spiro atoms. The predicted molar refractivity (Wildman–Crippen MR) is 116 cm³/mol. The van der Waals surface area contributed by atoms with E-state index in [9.17, 15) is 8.42 Å². The molecular formula is C19H16ClN5O2S2. The molecule has 2 aromatic heterocycles. The quantitative estimate of drug-likeness (QED) is 0.454. The van der Waals surface area contributed by atoms with E-state index >= 15 is 0 Å². The molecule has 2 aromatic carbocycles. The molecule has 0 unspecified atom stereocenters. The fourth-order valence-electron chi connectivity index (χ4n) is 2.67. The highest BCUT2D eigenvalue weighted by Crippen LogP contribution is 2.26. The SMILES string of the molecule is Cc1ncsc1CNc1nc2ccccc2nc1NS(=O)(=O)c1cccc(Cl)c1. The zero-order chi connectivity index (χ0) is 20.4. The summed E-state index contributed by atoms with van der Waals surface area (Å²) in [6, 6.07) is 13.3. The number of hydrogen-bond donors (Lipinski definition) is 2. The molecule has 0 fully saturated rings. The van der Waals surface area contributed by atoms with Crippen molar-refractivity contribution >= 4 is 55.6 Å². The number of aryl methyl sites for hydroxylation is 1. The summed E-state index contributed by atoms with van der Waals surface area (Å²) in [5, 5.41) is 3.51. The van der Waals surface area contributed by atoms with E-state index in [4.69, 9.17) is 11.6 Å². The number of nitrogens with zero attached hydrogens (tertiary/aromatic N) is 3. The number of halogens is 1. The van der Waals surface area contributed by atoms with Gasteiger partial charge < -0.3 is 5.32 Å². The van der Waals surface area contributed by atoms with Gasteiger partial charge >= 0.3 is 0 Å². The third kappa shape index (κ3) is 4.31. The van der Waals surface area contributed by atoms with Crippen molar-refractivity contribution in [1.29, 1.82) is 0 Å². The average Bonchev–Trinajstić information content (AvgIpc) is 3.11. The molecule has 2 N–H and O–H groups in total. The highest BCUT2D eigenvalue weighted by atomic mass is 35.5. The molecule has 2 heterocycles. The van der Waals surface area contributed by atoms with Gasteiger partial charge in [-0.2, -0.15) is 0 Å². The minimum atomic E-state index is -3.89. The molecule has 148 valence electrons. The largest absolute Gasteiger partial charge is 0.362 e. The molecule has 10 heteroatoms. The van der Waals surface area contributed by atoms with Gasteiger partial charge in [0.15, 0.2) is 11.6 Å². The molecular weight excluding hydrogens is 430 g/mol. The summed E-state index contributed by atoms with van der Waals surface area (Å²) in [4.78, 5) is 14.3. The van der Waals surface area contributed by atoms with Crippen LogP contribution in [0, 0.1) is 6.92 Å². The van der Waals surface area contributed by atoms with Crippen LogP contribution in [0.5, 0.6) is 0 Å². The molecule has 0 aliphatic carbocycles. The Morgan fingerprint density at radius 3 is 2.41 bits per heavy atom. The van der Waals surface area contributed by atoms with Crippen molar-refractivity contribution in [2.24, 2.45) is 0 Å². The van der Waals surface area contributed by atoms with Crippen LogP contribution in [0.2, 0.25) is 5.02 Å². The first-order valence-electron chi connectivity index (χ1n) is 8.60. The number of anilines is 2. The molecule has 4 rings (SSSR count). The molecule has 0 saturated carbocycles. The number of para-hydroxylation sites is 2. The van der Waals surface area contributed by atoms with Crippen LogP contribution in [0.4, 0.5) is 11.6 Å². The molecule has 4 aromatic rings. The highest BCUT2D eigenvalue weighted by Gasteiger charge is 2.19. The third-order valence-electron chi connectivity index (χ3n) is 4.17. The zero-order valence-electron chi connectivity index (χ0n) is 15.3. The number of aromatic nitrogens is 3. The molecule has 0 bridgehead atoms. The highest BCUT2D eigenvalue weighted by molar-refractivity contribution is 7.92. The molecule has 29 heavy (non-hydrogen) atoms. The molecule has 0 radical (unpaired) electrons. The smallest absolute Gasteiger partial charge is 0.263 e. The first kappa shape index (κ1) is 19.6. The van der Waals surface area contributed by atoms with Crippen molar-refractivity contribution in [3.05, 3.63) is 69.6 Å². The first-order chi connectivity index (χ1) is 13.9. The Morgan fingerprint density at radius 2 is 1.76 bits per heavy atom. The summed E-state index contributed by atoms with van der Waals surface area (Å²) >= 11 is 7.46. The van der Waals surface area contributed by atoms with E-state index in [1.165, 1.54) is 23.5 Å². The van der Waals surface area contributed by atoms with Crippen molar-refractivity contribution in [2.45, 2.75) is 18.4 Å².